The molecule has 0 amide bonds. The number of rotatable bonds is 33. The molecule has 0 spiro atoms. The first-order chi connectivity index (χ1) is 21.2. The molecule has 0 aliphatic carbocycles. The first-order valence-corrected chi connectivity index (χ1v) is 15.0. The van der Waals surface area contributed by atoms with Crippen molar-refractivity contribution in [1.82, 2.24) is 0 Å². The van der Waals surface area contributed by atoms with E-state index in [1.54, 1.807) is 6.92 Å². The Bertz CT molecular complexity index is 683. The third kappa shape index (κ3) is 34.8. The van der Waals surface area contributed by atoms with Gasteiger partial charge in [-0.05, 0) is 27.7 Å². The Morgan fingerprint density at radius 1 is 0.455 bits per heavy atom. The van der Waals surface area contributed by atoms with Crippen molar-refractivity contribution in [3.8, 4) is 0 Å². The molecule has 0 aromatic rings. The Morgan fingerprint density at radius 2 is 0.705 bits per heavy atom. The highest BCUT2D eigenvalue weighted by Gasteiger charge is 2.15. The Morgan fingerprint density at radius 3 is 0.955 bits per heavy atom. The zero-order valence-corrected chi connectivity index (χ0v) is 27.3. The highest BCUT2D eigenvalue weighted by Crippen LogP contribution is 2.06. The van der Waals surface area contributed by atoms with Gasteiger partial charge in [-0.25, -0.2) is 9.59 Å². The standard InChI is InChI=1S/C30H56O14/c1-27(2)29(32)43-25-24-41-21-20-39-17-16-37-13-12-35-9-8-33-6-7-34-10-11-36-14-15-38-18-19-40-22-23-42-26-28(31)44-30(3,4)5/h1,6-26H2,2-5H3. The lowest BCUT2D eigenvalue weighted by atomic mass is 10.2. The van der Waals surface area contributed by atoms with Gasteiger partial charge in [-0.1, -0.05) is 6.58 Å². The molecule has 0 aliphatic rings. The minimum atomic E-state index is -0.514. The highest BCUT2D eigenvalue weighted by molar-refractivity contribution is 5.86. The molecule has 260 valence electrons. The van der Waals surface area contributed by atoms with E-state index in [1.807, 2.05) is 20.8 Å². The molecule has 0 saturated heterocycles. The second-order valence-corrected chi connectivity index (χ2v) is 10.1. The molecule has 0 unspecified atom stereocenters. The largest absolute Gasteiger partial charge is 0.460 e. The maximum atomic E-state index is 11.5. The molecule has 0 aromatic heterocycles. The van der Waals surface area contributed by atoms with Gasteiger partial charge < -0.3 is 56.8 Å². The molecule has 0 saturated carbocycles. The van der Waals surface area contributed by atoms with Crippen LogP contribution < -0.4 is 0 Å². The van der Waals surface area contributed by atoms with Crippen molar-refractivity contribution in [3.05, 3.63) is 12.2 Å². The van der Waals surface area contributed by atoms with Crippen molar-refractivity contribution in [2.24, 2.45) is 0 Å². The summed E-state index contributed by atoms with van der Waals surface area (Å²) in [5.41, 5.74) is -0.147. The summed E-state index contributed by atoms with van der Waals surface area (Å²) in [5, 5.41) is 0. The summed E-state index contributed by atoms with van der Waals surface area (Å²) in [6.07, 6.45) is 0. The summed E-state index contributed by atoms with van der Waals surface area (Å²) in [5.74, 6) is -0.807. The molecular formula is C30H56O14. The minimum Gasteiger partial charge on any atom is -0.460 e. The molecule has 0 aromatic carbocycles. The number of carbonyl (C=O) groups excluding carboxylic acids is 2. The van der Waals surface area contributed by atoms with Crippen molar-refractivity contribution in [2.75, 3.05) is 139 Å². The van der Waals surface area contributed by atoms with Gasteiger partial charge >= 0.3 is 11.9 Å². The van der Waals surface area contributed by atoms with E-state index in [9.17, 15) is 9.59 Å². The van der Waals surface area contributed by atoms with Gasteiger partial charge in [0.1, 0.15) is 18.8 Å². The summed E-state index contributed by atoms with van der Waals surface area (Å²) in [6.45, 7) is 19.1. The van der Waals surface area contributed by atoms with E-state index in [-0.39, 0.29) is 13.2 Å². The summed E-state index contributed by atoms with van der Waals surface area (Å²) in [6, 6.07) is 0. The molecular weight excluding hydrogens is 584 g/mol. The van der Waals surface area contributed by atoms with Crippen LogP contribution in [0.15, 0.2) is 12.2 Å². The maximum Gasteiger partial charge on any atom is 0.333 e. The lowest BCUT2D eigenvalue weighted by Gasteiger charge is -2.19. The topological polar surface area (TPSA) is 145 Å². The fraction of sp³-hybridized carbons (Fsp3) is 0.867. The Kier molecular flexibility index (Phi) is 30.0. The van der Waals surface area contributed by atoms with Gasteiger partial charge in [0.15, 0.2) is 0 Å². The predicted octanol–water partition coefficient (Wildman–Crippen LogP) is 1.61. The number of hydrogen-bond acceptors (Lipinski definition) is 14. The number of hydrogen-bond donors (Lipinski definition) is 0. The van der Waals surface area contributed by atoms with E-state index < -0.39 is 17.5 Å². The van der Waals surface area contributed by atoms with Gasteiger partial charge in [0.2, 0.25) is 0 Å². The Hall–Kier alpha value is -1.72. The normalized spacial score (nSPS) is 11.5. The Labute approximate surface area is 262 Å². The summed E-state index contributed by atoms with van der Waals surface area (Å²) < 4.78 is 64.0. The van der Waals surface area contributed by atoms with Gasteiger partial charge in [-0.2, -0.15) is 0 Å². The van der Waals surface area contributed by atoms with Crippen LogP contribution in [0, 0.1) is 0 Å². The third-order valence-corrected chi connectivity index (χ3v) is 4.80. The molecule has 0 aliphatic heterocycles. The first kappa shape index (κ1) is 42.3. The van der Waals surface area contributed by atoms with Crippen molar-refractivity contribution >= 4 is 11.9 Å². The van der Waals surface area contributed by atoms with E-state index in [4.69, 9.17) is 56.8 Å². The smallest absolute Gasteiger partial charge is 0.333 e. The van der Waals surface area contributed by atoms with Gasteiger partial charge in [0.25, 0.3) is 0 Å². The van der Waals surface area contributed by atoms with Crippen molar-refractivity contribution in [2.45, 2.75) is 33.3 Å². The average molecular weight is 641 g/mol. The van der Waals surface area contributed by atoms with Crippen molar-refractivity contribution in [1.29, 1.82) is 0 Å². The van der Waals surface area contributed by atoms with Crippen LogP contribution in [-0.4, -0.2) is 156 Å². The second-order valence-electron chi connectivity index (χ2n) is 10.1. The molecule has 0 atom stereocenters. The predicted molar refractivity (Wildman–Crippen MR) is 160 cm³/mol. The number of esters is 2. The van der Waals surface area contributed by atoms with Crippen molar-refractivity contribution < 1.29 is 66.4 Å². The Balaban J connectivity index is 3.12. The molecule has 0 fully saturated rings. The average Bonchev–Trinajstić information content (AvgIpc) is 2.96. The lowest BCUT2D eigenvalue weighted by Crippen LogP contribution is -2.27. The van der Waals surface area contributed by atoms with Crippen molar-refractivity contribution in [3.63, 3.8) is 0 Å². The van der Waals surface area contributed by atoms with Gasteiger partial charge in [-0.3, -0.25) is 0 Å². The van der Waals surface area contributed by atoms with Crippen LogP contribution >= 0.6 is 0 Å². The SMILES string of the molecule is C=C(C)C(=O)OCCOCCOCCOCCOCCOCCOCCOCCOCCOCCOCC(=O)OC(C)(C)C. The lowest BCUT2D eigenvalue weighted by molar-refractivity contribution is -0.160. The van der Waals surface area contributed by atoms with E-state index in [0.717, 1.165) is 0 Å². The molecule has 0 bridgehead atoms. The highest BCUT2D eigenvalue weighted by atomic mass is 16.6. The molecule has 0 rings (SSSR count). The fourth-order valence-electron chi connectivity index (χ4n) is 2.82. The van der Waals surface area contributed by atoms with Crippen LogP contribution in [0.3, 0.4) is 0 Å². The fourth-order valence-corrected chi connectivity index (χ4v) is 2.82. The summed E-state index contributed by atoms with van der Waals surface area (Å²) in [4.78, 5) is 22.7. The third-order valence-electron chi connectivity index (χ3n) is 4.80. The zero-order valence-electron chi connectivity index (χ0n) is 27.3. The quantitative estimate of drug-likeness (QED) is 0.0582. The van der Waals surface area contributed by atoms with E-state index in [2.05, 4.69) is 6.58 Å². The molecule has 44 heavy (non-hydrogen) atoms. The van der Waals surface area contributed by atoms with Gasteiger partial charge in [0.05, 0.1) is 126 Å². The van der Waals surface area contributed by atoms with Gasteiger partial charge in [0, 0.05) is 5.57 Å². The zero-order chi connectivity index (χ0) is 32.6. The van der Waals surface area contributed by atoms with Crippen LogP contribution in [0.5, 0.6) is 0 Å². The minimum absolute atomic E-state index is 0.0870. The summed E-state index contributed by atoms with van der Waals surface area (Å²) in [7, 11) is 0. The monoisotopic (exact) mass is 640 g/mol. The molecule has 14 heteroatoms. The molecule has 0 radical (unpaired) electrons. The van der Waals surface area contributed by atoms with Crippen LogP contribution in [0.1, 0.15) is 27.7 Å². The molecule has 0 heterocycles. The maximum absolute atomic E-state index is 11.5. The van der Waals surface area contributed by atoms with E-state index in [0.29, 0.717) is 131 Å². The van der Waals surface area contributed by atoms with Crippen LogP contribution in [0.2, 0.25) is 0 Å². The van der Waals surface area contributed by atoms with Crippen LogP contribution in [-0.2, 0) is 66.4 Å². The van der Waals surface area contributed by atoms with Crippen LogP contribution in [0.25, 0.3) is 0 Å². The van der Waals surface area contributed by atoms with E-state index >= 15 is 0 Å². The first-order valence-electron chi connectivity index (χ1n) is 15.0. The summed E-state index contributed by atoms with van der Waals surface area (Å²) >= 11 is 0. The molecule has 0 N–H and O–H groups in total. The number of ether oxygens (including phenoxy) is 12. The van der Waals surface area contributed by atoms with E-state index in [1.165, 1.54) is 0 Å². The van der Waals surface area contributed by atoms with Crippen LogP contribution in [0.4, 0.5) is 0 Å². The second kappa shape index (κ2) is 31.3. The van der Waals surface area contributed by atoms with Gasteiger partial charge in [-0.15, -0.1) is 0 Å². The number of carbonyl (C=O) groups is 2. The molecule has 14 nitrogen and oxygen atoms in total.